The number of hydrogen-bond donors (Lipinski definition) is 0. The zero-order valence-corrected chi connectivity index (χ0v) is 15.1. The van der Waals surface area contributed by atoms with Gasteiger partial charge in [-0.05, 0) is 44.7 Å². The summed E-state index contributed by atoms with van der Waals surface area (Å²) in [5.41, 5.74) is 4.83. The molecule has 0 atom stereocenters. The minimum Gasteiger partial charge on any atom is -0.254 e. The molecule has 1 aromatic heterocycles. The maximum atomic E-state index is 4.96. The molecule has 122 valence electrons. The molecule has 1 fully saturated rings. The van der Waals surface area contributed by atoms with Gasteiger partial charge in [0.15, 0.2) is 0 Å². The number of benzene rings is 1. The Morgan fingerprint density at radius 1 is 1.13 bits per heavy atom. The van der Waals surface area contributed by atoms with E-state index in [0.29, 0.717) is 6.04 Å². The summed E-state index contributed by atoms with van der Waals surface area (Å²) >= 11 is 1.69. The third kappa shape index (κ3) is 3.99. The van der Waals surface area contributed by atoms with Crippen LogP contribution in [0.1, 0.15) is 54.5 Å². The quantitative estimate of drug-likeness (QED) is 0.738. The number of aromatic nitrogens is 1. The summed E-state index contributed by atoms with van der Waals surface area (Å²) in [5.74, 6) is 0. The van der Waals surface area contributed by atoms with E-state index in [4.69, 9.17) is 10.1 Å². The Bertz CT molecular complexity index is 761. The Morgan fingerprint density at radius 2 is 1.91 bits per heavy atom. The van der Waals surface area contributed by atoms with Crippen molar-refractivity contribution in [2.24, 2.45) is 10.1 Å². The monoisotopic (exact) mass is 327 g/mol. The molecule has 0 bridgehead atoms. The Hall–Kier alpha value is -1.68. The van der Waals surface area contributed by atoms with E-state index in [9.17, 15) is 0 Å². The van der Waals surface area contributed by atoms with Crippen molar-refractivity contribution < 1.29 is 0 Å². The van der Waals surface area contributed by atoms with Gasteiger partial charge >= 0.3 is 0 Å². The van der Waals surface area contributed by atoms with Crippen LogP contribution >= 0.6 is 11.3 Å². The normalized spacial score (nSPS) is 17.3. The highest BCUT2D eigenvalue weighted by Crippen LogP contribution is 2.20. The smallest absolute Gasteiger partial charge is 0.206 e. The summed E-state index contributed by atoms with van der Waals surface area (Å²) in [6.45, 7) is 6.33. The van der Waals surface area contributed by atoms with Crippen molar-refractivity contribution in [2.45, 2.75) is 58.9 Å². The molecule has 1 aliphatic rings. The van der Waals surface area contributed by atoms with E-state index in [-0.39, 0.29) is 0 Å². The predicted molar refractivity (Wildman–Crippen MR) is 98.4 cm³/mol. The van der Waals surface area contributed by atoms with Crippen LogP contribution in [-0.4, -0.2) is 16.9 Å². The second-order valence-corrected chi connectivity index (χ2v) is 7.33. The third-order valence-electron chi connectivity index (χ3n) is 4.46. The summed E-state index contributed by atoms with van der Waals surface area (Å²) < 4.78 is 1.99. The van der Waals surface area contributed by atoms with Gasteiger partial charge in [0, 0.05) is 5.38 Å². The van der Waals surface area contributed by atoms with Gasteiger partial charge in [0.05, 0.1) is 18.0 Å². The molecule has 23 heavy (non-hydrogen) atoms. The summed E-state index contributed by atoms with van der Waals surface area (Å²) in [6.07, 6.45) is 8.38. The van der Waals surface area contributed by atoms with Crippen molar-refractivity contribution in [3.8, 4) is 0 Å². The molecule has 3 nitrogen and oxygen atoms in total. The van der Waals surface area contributed by atoms with Crippen LogP contribution in [0.3, 0.4) is 0 Å². The maximum absolute atomic E-state index is 4.96. The van der Waals surface area contributed by atoms with Crippen molar-refractivity contribution in [1.82, 2.24) is 4.68 Å². The van der Waals surface area contributed by atoms with Gasteiger partial charge in [0.25, 0.3) is 0 Å². The highest BCUT2D eigenvalue weighted by molar-refractivity contribution is 7.07. The molecule has 0 saturated heterocycles. The van der Waals surface area contributed by atoms with E-state index in [2.05, 4.69) is 44.4 Å². The lowest BCUT2D eigenvalue weighted by Crippen LogP contribution is -2.19. The number of rotatable bonds is 3. The zero-order chi connectivity index (χ0) is 16.2. The Balaban J connectivity index is 1.90. The van der Waals surface area contributed by atoms with Gasteiger partial charge in [-0.3, -0.25) is 4.99 Å². The molecule has 1 heterocycles. The number of thiazole rings is 1. The molecule has 4 heteroatoms. The molecule has 0 amide bonds. The van der Waals surface area contributed by atoms with Crippen molar-refractivity contribution in [3.05, 3.63) is 50.8 Å². The lowest BCUT2D eigenvalue weighted by atomic mass is 9.96. The largest absolute Gasteiger partial charge is 0.254 e. The minimum absolute atomic E-state index is 0.476. The van der Waals surface area contributed by atoms with Crippen LogP contribution in [0.5, 0.6) is 0 Å². The van der Waals surface area contributed by atoms with Gasteiger partial charge in [0.2, 0.25) is 4.80 Å². The van der Waals surface area contributed by atoms with Crippen molar-refractivity contribution in [3.63, 3.8) is 0 Å². The average Bonchev–Trinajstić information content (AvgIpc) is 2.89. The van der Waals surface area contributed by atoms with E-state index in [1.54, 1.807) is 11.3 Å². The highest BCUT2D eigenvalue weighted by atomic mass is 32.1. The molecule has 3 rings (SSSR count). The SMILES string of the molecule is Cc1ccc(C)c(C=Nn2c(C)csc2=NC2CCCCC2)c1. The lowest BCUT2D eigenvalue weighted by Gasteiger charge is -2.16. The van der Waals surface area contributed by atoms with Crippen LogP contribution in [-0.2, 0) is 0 Å². The van der Waals surface area contributed by atoms with E-state index in [0.717, 1.165) is 10.5 Å². The summed E-state index contributed by atoms with van der Waals surface area (Å²) in [4.78, 5) is 5.98. The van der Waals surface area contributed by atoms with Crippen LogP contribution in [0.15, 0.2) is 33.7 Å². The molecular formula is C19H25N3S. The van der Waals surface area contributed by atoms with Gasteiger partial charge in [-0.2, -0.15) is 5.10 Å². The fraction of sp³-hybridized carbons (Fsp3) is 0.474. The molecule has 0 aliphatic heterocycles. The first-order valence-corrected chi connectivity index (χ1v) is 9.34. The molecule has 1 aliphatic carbocycles. The first kappa shape index (κ1) is 16.2. The van der Waals surface area contributed by atoms with E-state index in [1.807, 2.05) is 10.9 Å². The standard InChI is InChI=1S/C19H25N3S/c1-14-9-10-15(2)17(11-14)12-20-22-16(3)13-23-19(22)21-18-7-5-4-6-8-18/h9-13,18H,4-8H2,1-3H3. The van der Waals surface area contributed by atoms with E-state index >= 15 is 0 Å². The van der Waals surface area contributed by atoms with Gasteiger partial charge in [0.1, 0.15) is 0 Å². The van der Waals surface area contributed by atoms with Crippen LogP contribution in [0, 0.1) is 20.8 Å². The molecular weight excluding hydrogens is 302 g/mol. The molecule has 1 aromatic carbocycles. The topological polar surface area (TPSA) is 29.6 Å². The predicted octanol–water partition coefficient (Wildman–Crippen LogP) is 4.59. The van der Waals surface area contributed by atoms with Crippen LogP contribution in [0.25, 0.3) is 0 Å². The van der Waals surface area contributed by atoms with Crippen LogP contribution in [0.4, 0.5) is 0 Å². The first-order valence-electron chi connectivity index (χ1n) is 8.46. The summed E-state index contributed by atoms with van der Waals surface area (Å²) in [6, 6.07) is 6.94. The second-order valence-electron chi connectivity index (χ2n) is 6.50. The van der Waals surface area contributed by atoms with Crippen molar-refractivity contribution in [1.29, 1.82) is 0 Å². The number of nitrogens with zero attached hydrogens (tertiary/aromatic N) is 3. The second kappa shape index (κ2) is 7.26. The van der Waals surface area contributed by atoms with E-state index < -0.39 is 0 Å². The van der Waals surface area contributed by atoms with Crippen LogP contribution < -0.4 is 4.80 Å². The Labute approximate surface area is 142 Å². The summed E-state index contributed by atoms with van der Waals surface area (Å²) in [7, 11) is 0. The van der Waals surface area contributed by atoms with Crippen molar-refractivity contribution >= 4 is 17.6 Å². The fourth-order valence-electron chi connectivity index (χ4n) is 3.00. The zero-order valence-electron chi connectivity index (χ0n) is 14.2. The average molecular weight is 327 g/mol. The molecule has 0 unspecified atom stereocenters. The molecule has 0 radical (unpaired) electrons. The Kier molecular flexibility index (Phi) is 5.11. The molecule has 0 spiro atoms. The molecule has 1 saturated carbocycles. The summed E-state index contributed by atoms with van der Waals surface area (Å²) in [5, 5.41) is 6.85. The van der Waals surface area contributed by atoms with E-state index in [1.165, 1.54) is 48.8 Å². The molecule has 0 N–H and O–H groups in total. The van der Waals surface area contributed by atoms with Crippen molar-refractivity contribution in [2.75, 3.05) is 0 Å². The maximum Gasteiger partial charge on any atom is 0.206 e. The van der Waals surface area contributed by atoms with Crippen LogP contribution in [0.2, 0.25) is 0 Å². The lowest BCUT2D eigenvalue weighted by molar-refractivity contribution is 0.435. The van der Waals surface area contributed by atoms with Gasteiger partial charge in [-0.25, -0.2) is 4.68 Å². The van der Waals surface area contributed by atoms with Gasteiger partial charge in [-0.15, -0.1) is 11.3 Å². The minimum atomic E-state index is 0.476. The Morgan fingerprint density at radius 3 is 2.70 bits per heavy atom. The fourth-order valence-corrected chi connectivity index (χ4v) is 3.88. The first-order chi connectivity index (χ1) is 11.1. The van der Waals surface area contributed by atoms with Gasteiger partial charge < -0.3 is 0 Å². The highest BCUT2D eigenvalue weighted by Gasteiger charge is 2.12. The molecule has 2 aromatic rings. The number of aryl methyl sites for hydroxylation is 3. The third-order valence-corrected chi connectivity index (χ3v) is 5.41. The van der Waals surface area contributed by atoms with Gasteiger partial charge in [-0.1, -0.05) is 43.0 Å². The number of hydrogen-bond acceptors (Lipinski definition) is 3.